The molecule has 0 aliphatic heterocycles. The first-order valence-electron chi connectivity index (χ1n) is 5.54. The van der Waals surface area contributed by atoms with Crippen molar-refractivity contribution in [1.82, 2.24) is 10.3 Å². The summed E-state index contributed by atoms with van der Waals surface area (Å²) < 4.78 is 0. The third kappa shape index (κ3) is 3.05. The van der Waals surface area contributed by atoms with Gasteiger partial charge < -0.3 is 10.7 Å². The van der Waals surface area contributed by atoms with E-state index in [1.807, 2.05) is 30.3 Å². The van der Waals surface area contributed by atoms with E-state index in [-0.39, 0.29) is 5.91 Å². The Morgan fingerprint density at radius 3 is 2.56 bits per heavy atom. The van der Waals surface area contributed by atoms with Crippen molar-refractivity contribution < 1.29 is 4.79 Å². The predicted octanol–water partition coefficient (Wildman–Crippen LogP) is 1.30. The van der Waals surface area contributed by atoms with Gasteiger partial charge in [-0.15, -0.1) is 0 Å². The van der Waals surface area contributed by atoms with Gasteiger partial charge in [0, 0.05) is 6.54 Å². The summed E-state index contributed by atoms with van der Waals surface area (Å²) in [7, 11) is 0. The topological polar surface area (TPSA) is 80.0 Å². The fourth-order valence-electron chi connectivity index (χ4n) is 1.48. The summed E-state index contributed by atoms with van der Waals surface area (Å²) >= 11 is 0. The number of nitrogens with zero attached hydrogens (tertiary/aromatic N) is 1. The molecule has 2 rings (SSSR count). The van der Waals surface area contributed by atoms with Crippen LogP contribution in [0.25, 0.3) is 0 Å². The molecule has 0 unspecified atom stereocenters. The van der Waals surface area contributed by atoms with E-state index in [2.05, 4.69) is 15.7 Å². The van der Waals surface area contributed by atoms with E-state index < -0.39 is 0 Å². The molecular formula is C13H14N4O. The van der Waals surface area contributed by atoms with E-state index in [9.17, 15) is 4.79 Å². The van der Waals surface area contributed by atoms with Crippen molar-refractivity contribution in [3.63, 3.8) is 0 Å². The average Bonchev–Trinajstić information content (AvgIpc) is 2.46. The molecule has 0 bridgehead atoms. The molecule has 0 radical (unpaired) electrons. The highest BCUT2D eigenvalue weighted by Crippen LogP contribution is 2.04. The van der Waals surface area contributed by atoms with Crippen LogP contribution < -0.4 is 16.6 Å². The van der Waals surface area contributed by atoms with E-state index in [0.29, 0.717) is 17.9 Å². The van der Waals surface area contributed by atoms with Crippen LogP contribution in [0.5, 0.6) is 0 Å². The summed E-state index contributed by atoms with van der Waals surface area (Å²) in [5.41, 5.74) is 4.53. The minimum absolute atomic E-state index is 0.206. The Bertz CT molecular complexity index is 510. The molecule has 0 spiro atoms. The molecular weight excluding hydrogens is 228 g/mol. The lowest BCUT2D eigenvalue weighted by Gasteiger charge is -2.05. The number of aromatic nitrogens is 1. The number of hydrogen-bond donors (Lipinski definition) is 3. The lowest BCUT2D eigenvalue weighted by molar-refractivity contribution is 0.0946. The zero-order valence-corrected chi connectivity index (χ0v) is 9.76. The molecule has 4 N–H and O–H groups in total. The smallest absolute Gasteiger partial charge is 0.270 e. The van der Waals surface area contributed by atoms with E-state index in [0.717, 1.165) is 5.56 Å². The Morgan fingerprint density at radius 1 is 1.17 bits per heavy atom. The zero-order valence-electron chi connectivity index (χ0n) is 9.76. The normalized spacial score (nSPS) is 9.83. The van der Waals surface area contributed by atoms with Crippen molar-refractivity contribution in [2.24, 2.45) is 5.84 Å². The number of rotatable bonds is 4. The van der Waals surface area contributed by atoms with Gasteiger partial charge in [0.15, 0.2) is 0 Å². The number of nitrogens with two attached hydrogens (primary N) is 1. The van der Waals surface area contributed by atoms with Crippen molar-refractivity contribution in [3.8, 4) is 0 Å². The molecule has 1 aromatic carbocycles. The number of benzene rings is 1. The molecule has 2 aromatic rings. The van der Waals surface area contributed by atoms with Crippen LogP contribution in [0, 0.1) is 0 Å². The molecule has 0 saturated carbocycles. The molecule has 92 valence electrons. The van der Waals surface area contributed by atoms with Gasteiger partial charge in [0.25, 0.3) is 5.91 Å². The van der Waals surface area contributed by atoms with E-state index in [4.69, 9.17) is 5.84 Å². The highest BCUT2D eigenvalue weighted by Gasteiger charge is 2.06. The van der Waals surface area contributed by atoms with Crippen LogP contribution >= 0.6 is 0 Å². The SMILES string of the molecule is NNc1ccc(C(=O)NCc2ccccc2)nc1. The van der Waals surface area contributed by atoms with Crippen LogP contribution in [0.4, 0.5) is 5.69 Å². The maximum atomic E-state index is 11.8. The molecule has 0 fully saturated rings. The van der Waals surface area contributed by atoms with Crippen molar-refractivity contribution in [2.45, 2.75) is 6.54 Å². The first kappa shape index (κ1) is 12.1. The van der Waals surface area contributed by atoms with Crippen molar-refractivity contribution >= 4 is 11.6 Å². The fraction of sp³-hybridized carbons (Fsp3) is 0.0769. The second kappa shape index (κ2) is 5.79. The van der Waals surface area contributed by atoms with Crippen LogP contribution in [0.3, 0.4) is 0 Å². The molecule has 5 heteroatoms. The summed E-state index contributed by atoms with van der Waals surface area (Å²) in [6.07, 6.45) is 1.51. The number of anilines is 1. The Labute approximate surface area is 105 Å². The van der Waals surface area contributed by atoms with Crippen molar-refractivity contribution in [2.75, 3.05) is 5.43 Å². The summed E-state index contributed by atoms with van der Waals surface area (Å²) in [6, 6.07) is 13.0. The lowest BCUT2D eigenvalue weighted by atomic mass is 10.2. The largest absolute Gasteiger partial charge is 0.347 e. The Kier molecular flexibility index (Phi) is 3.88. The van der Waals surface area contributed by atoms with Crippen molar-refractivity contribution in [1.29, 1.82) is 0 Å². The Balaban J connectivity index is 1.95. The first-order valence-corrected chi connectivity index (χ1v) is 5.54. The Hall–Kier alpha value is -2.40. The number of carbonyl (C=O) groups excluding carboxylic acids is 1. The molecule has 1 aromatic heterocycles. The highest BCUT2D eigenvalue weighted by atomic mass is 16.1. The van der Waals surface area contributed by atoms with Crippen molar-refractivity contribution in [3.05, 3.63) is 59.9 Å². The number of pyridine rings is 1. The molecule has 1 amide bonds. The number of nitrogen functional groups attached to an aromatic ring is 1. The summed E-state index contributed by atoms with van der Waals surface area (Å²) in [4.78, 5) is 15.8. The zero-order chi connectivity index (χ0) is 12.8. The van der Waals surface area contributed by atoms with Crippen LogP contribution in [-0.4, -0.2) is 10.9 Å². The third-order valence-corrected chi connectivity index (χ3v) is 2.46. The minimum Gasteiger partial charge on any atom is -0.347 e. The number of hydrazine groups is 1. The number of carbonyl (C=O) groups is 1. The number of hydrogen-bond acceptors (Lipinski definition) is 4. The Morgan fingerprint density at radius 2 is 1.94 bits per heavy atom. The third-order valence-electron chi connectivity index (χ3n) is 2.46. The monoisotopic (exact) mass is 242 g/mol. The van der Waals surface area contributed by atoms with E-state index in [1.54, 1.807) is 12.1 Å². The molecule has 0 saturated heterocycles. The molecule has 5 nitrogen and oxygen atoms in total. The van der Waals surface area contributed by atoms with Gasteiger partial charge in [-0.05, 0) is 17.7 Å². The highest BCUT2D eigenvalue weighted by molar-refractivity contribution is 5.92. The fourth-order valence-corrected chi connectivity index (χ4v) is 1.48. The molecule has 0 aliphatic rings. The number of nitrogens with one attached hydrogen (secondary N) is 2. The van der Waals surface area contributed by atoms with Gasteiger partial charge in [-0.3, -0.25) is 10.6 Å². The van der Waals surface area contributed by atoms with E-state index >= 15 is 0 Å². The second-order valence-corrected chi connectivity index (χ2v) is 3.74. The summed E-state index contributed by atoms with van der Waals surface area (Å²) in [6.45, 7) is 0.484. The predicted molar refractivity (Wildman–Crippen MR) is 69.7 cm³/mol. The summed E-state index contributed by atoms with van der Waals surface area (Å²) in [5.74, 6) is 5.01. The van der Waals surface area contributed by atoms with Crippen LogP contribution in [0.2, 0.25) is 0 Å². The van der Waals surface area contributed by atoms with Gasteiger partial charge >= 0.3 is 0 Å². The van der Waals surface area contributed by atoms with Gasteiger partial charge in [-0.2, -0.15) is 0 Å². The maximum absolute atomic E-state index is 11.8. The molecule has 0 atom stereocenters. The van der Waals surface area contributed by atoms with Gasteiger partial charge in [0.2, 0.25) is 0 Å². The molecule has 18 heavy (non-hydrogen) atoms. The van der Waals surface area contributed by atoms with Crippen LogP contribution in [0.15, 0.2) is 48.7 Å². The quantitative estimate of drug-likeness (QED) is 0.557. The van der Waals surface area contributed by atoms with E-state index in [1.165, 1.54) is 6.20 Å². The molecule has 1 heterocycles. The van der Waals surface area contributed by atoms with Gasteiger partial charge in [0.05, 0.1) is 11.9 Å². The molecule has 0 aliphatic carbocycles. The first-order chi connectivity index (χ1) is 8.79. The standard InChI is InChI=1S/C13H14N4O/c14-17-11-6-7-12(15-9-11)13(18)16-8-10-4-2-1-3-5-10/h1-7,9,17H,8,14H2,(H,16,18). The van der Waals surface area contributed by atoms with Gasteiger partial charge in [-0.1, -0.05) is 30.3 Å². The lowest BCUT2D eigenvalue weighted by Crippen LogP contribution is -2.23. The second-order valence-electron chi connectivity index (χ2n) is 3.74. The van der Waals surface area contributed by atoms with Gasteiger partial charge in [0.1, 0.15) is 5.69 Å². The maximum Gasteiger partial charge on any atom is 0.270 e. The van der Waals surface area contributed by atoms with Gasteiger partial charge in [-0.25, -0.2) is 4.98 Å². The minimum atomic E-state index is -0.206. The summed E-state index contributed by atoms with van der Waals surface area (Å²) in [5, 5.41) is 2.80. The average molecular weight is 242 g/mol. The van der Waals surface area contributed by atoms with Crippen LogP contribution in [0.1, 0.15) is 16.1 Å². The van der Waals surface area contributed by atoms with Crippen LogP contribution in [-0.2, 0) is 6.54 Å². The number of amides is 1.